The quantitative estimate of drug-likeness (QED) is 0.685. The Morgan fingerprint density at radius 1 is 1.26 bits per heavy atom. The van der Waals surface area contributed by atoms with E-state index in [4.69, 9.17) is 0 Å². The Morgan fingerprint density at radius 3 is 2.52 bits per heavy atom. The van der Waals surface area contributed by atoms with Crippen LogP contribution in [-0.4, -0.2) is 41.3 Å². The van der Waals surface area contributed by atoms with Gasteiger partial charge in [0.25, 0.3) is 5.91 Å². The van der Waals surface area contributed by atoms with Crippen molar-refractivity contribution >= 4 is 17.5 Å². The number of aromatic nitrogens is 1. The Kier molecular flexibility index (Phi) is 8.97. The molecule has 6 nitrogen and oxygen atoms in total. The van der Waals surface area contributed by atoms with Gasteiger partial charge in [-0.15, -0.1) is 0 Å². The summed E-state index contributed by atoms with van der Waals surface area (Å²) in [5.74, 6) is -0.513. The third kappa shape index (κ3) is 6.26. The molecule has 0 bridgehead atoms. The van der Waals surface area contributed by atoms with Crippen molar-refractivity contribution in [2.24, 2.45) is 5.73 Å². The minimum absolute atomic E-state index is 0.0197. The predicted octanol–water partition coefficient (Wildman–Crippen LogP) is 4.39. The van der Waals surface area contributed by atoms with Crippen molar-refractivity contribution in [1.29, 1.82) is 0 Å². The number of amides is 2. The van der Waals surface area contributed by atoms with E-state index in [9.17, 15) is 14.0 Å². The summed E-state index contributed by atoms with van der Waals surface area (Å²) in [5.41, 5.74) is 8.22. The summed E-state index contributed by atoms with van der Waals surface area (Å²) < 4.78 is 14.2. The van der Waals surface area contributed by atoms with Gasteiger partial charge in [-0.25, -0.2) is 4.39 Å². The number of primary amides is 1. The van der Waals surface area contributed by atoms with Crippen LogP contribution in [-0.2, 0) is 11.2 Å². The molecule has 0 saturated heterocycles. The number of anilines is 1. The Balaban J connectivity index is 0.000000614. The lowest BCUT2D eigenvalue weighted by molar-refractivity contribution is -0.117. The first kappa shape index (κ1) is 24.3. The summed E-state index contributed by atoms with van der Waals surface area (Å²) in [7, 11) is 1.85. The smallest absolute Gasteiger partial charge is 0.255 e. The summed E-state index contributed by atoms with van der Waals surface area (Å²) in [6.45, 7) is 6.72. The van der Waals surface area contributed by atoms with Gasteiger partial charge in [-0.1, -0.05) is 27.2 Å². The first-order chi connectivity index (χ1) is 14.8. The number of nitrogens with two attached hydrogens (primary N) is 1. The number of carbonyl (C=O) groups is 2. The van der Waals surface area contributed by atoms with E-state index in [-0.39, 0.29) is 23.7 Å². The van der Waals surface area contributed by atoms with Crippen molar-refractivity contribution in [3.63, 3.8) is 0 Å². The summed E-state index contributed by atoms with van der Waals surface area (Å²) in [6, 6.07) is 7.30. The molecular weight excluding hydrogens is 395 g/mol. The summed E-state index contributed by atoms with van der Waals surface area (Å²) in [5, 5.41) is 3.06. The van der Waals surface area contributed by atoms with Gasteiger partial charge in [-0.2, -0.15) is 0 Å². The molecule has 0 fully saturated rings. The van der Waals surface area contributed by atoms with Crippen LogP contribution in [0.2, 0.25) is 0 Å². The molecule has 3 N–H and O–H groups in total. The second-order valence-corrected chi connectivity index (χ2v) is 7.69. The largest absolute Gasteiger partial charge is 0.382 e. The van der Waals surface area contributed by atoms with Crippen LogP contribution < -0.4 is 11.1 Å². The van der Waals surface area contributed by atoms with Crippen LogP contribution in [0.15, 0.2) is 30.5 Å². The fraction of sp³-hybridized carbons (Fsp3) is 0.458. The van der Waals surface area contributed by atoms with Gasteiger partial charge in [0.2, 0.25) is 5.91 Å². The van der Waals surface area contributed by atoms with Crippen molar-refractivity contribution in [2.45, 2.75) is 58.9 Å². The number of fused-ring (bicyclic) bond motifs is 1. The number of rotatable bonds is 7. The van der Waals surface area contributed by atoms with Crippen molar-refractivity contribution in [3.8, 4) is 11.3 Å². The molecule has 1 aromatic carbocycles. The highest BCUT2D eigenvalue weighted by Crippen LogP contribution is 2.31. The second kappa shape index (κ2) is 11.4. The predicted molar refractivity (Wildman–Crippen MR) is 122 cm³/mol. The lowest BCUT2D eigenvalue weighted by atomic mass is 10.0. The third-order valence-corrected chi connectivity index (χ3v) is 5.48. The van der Waals surface area contributed by atoms with Crippen LogP contribution in [0.5, 0.6) is 0 Å². The van der Waals surface area contributed by atoms with E-state index in [0.29, 0.717) is 23.4 Å². The molecular formula is C24H33FN4O2. The van der Waals surface area contributed by atoms with Crippen LogP contribution >= 0.6 is 0 Å². The van der Waals surface area contributed by atoms with Crippen molar-refractivity contribution < 1.29 is 14.0 Å². The van der Waals surface area contributed by atoms with Crippen molar-refractivity contribution in [1.82, 2.24) is 9.88 Å². The van der Waals surface area contributed by atoms with Crippen LogP contribution in [0.25, 0.3) is 11.3 Å². The zero-order valence-electron chi connectivity index (χ0n) is 18.9. The maximum Gasteiger partial charge on any atom is 0.255 e. The molecule has 1 unspecified atom stereocenters. The molecule has 0 aliphatic carbocycles. The van der Waals surface area contributed by atoms with Gasteiger partial charge in [0.05, 0.1) is 16.9 Å². The lowest BCUT2D eigenvalue weighted by Gasteiger charge is -2.27. The number of hydrogen-bond donors (Lipinski definition) is 2. The highest BCUT2D eigenvalue weighted by atomic mass is 19.1. The first-order valence-corrected chi connectivity index (χ1v) is 10.9. The number of nitrogens with zero attached hydrogens (tertiary/aromatic N) is 2. The van der Waals surface area contributed by atoms with Gasteiger partial charge >= 0.3 is 0 Å². The van der Waals surface area contributed by atoms with Crippen molar-refractivity contribution in [2.75, 3.05) is 18.9 Å². The standard InChI is InChI=1S/C21H26FN3O.C3H7NO/c1-4-6-17(5-2)25(3)21(26)15-7-8-19(24-13-15)16-11-14-9-10-23-20(14)18(22)12-16;1-2-3(4)5/h7-8,11-13,17,23H,4-6,9-10H2,1-3H3;2H2,1H3,(H2,4,5). The summed E-state index contributed by atoms with van der Waals surface area (Å²) in [6.07, 6.45) is 5.83. The molecule has 1 aromatic heterocycles. The van der Waals surface area contributed by atoms with E-state index in [1.165, 1.54) is 6.07 Å². The number of pyridine rings is 1. The zero-order valence-corrected chi connectivity index (χ0v) is 18.9. The van der Waals surface area contributed by atoms with Crippen LogP contribution in [0.4, 0.5) is 10.1 Å². The van der Waals surface area contributed by atoms with Gasteiger partial charge in [-0.3, -0.25) is 14.6 Å². The van der Waals surface area contributed by atoms with E-state index in [1.807, 2.05) is 13.1 Å². The van der Waals surface area contributed by atoms with E-state index < -0.39 is 0 Å². The molecule has 168 valence electrons. The van der Waals surface area contributed by atoms with E-state index in [1.54, 1.807) is 30.2 Å². The fourth-order valence-electron chi connectivity index (χ4n) is 3.59. The molecule has 0 saturated carbocycles. The molecule has 0 radical (unpaired) electrons. The number of carbonyl (C=O) groups excluding carboxylic acids is 2. The summed E-state index contributed by atoms with van der Waals surface area (Å²) in [4.78, 5) is 28.5. The molecule has 3 rings (SSSR count). The normalized spacial score (nSPS) is 12.8. The van der Waals surface area contributed by atoms with E-state index in [2.05, 4.69) is 29.9 Å². The molecule has 1 aliphatic heterocycles. The number of halogens is 1. The SMILES string of the molecule is CCC(N)=O.CCCC(CC)N(C)C(=O)c1ccc(-c2cc(F)c3c(c2)CCN3)nc1. The Labute approximate surface area is 184 Å². The lowest BCUT2D eigenvalue weighted by Crippen LogP contribution is -2.36. The number of hydrogen-bond acceptors (Lipinski definition) is 4. The third-order valence-electron chi connectivity index (χ3n) is 5.48. The molecule has 2 heterocycles. The first-order valence-electron chi connectivity index (χ1n) is 10.9. The van der Waals surface area contributed by atoms with Crippen LogP contribution in [0, 0.1) is 5.82 Å². The Morgan fingerprint density at radius 2 is 1.97 bits per heavy atom. The van der Waals surface area contributed by atoms with Crippen LogP contribution in [0.3, 0.4) is 0 Å². The average Bonchev–Trinajstić information content (AvgIpc) is 3.26. The zero-order chi connectivity index (χ0) is 23.0. The number of nitrogens with one attached hydrogen (secondary N) is 1. The van der Waals surface area contributed by atoms with E-state index in [0.717, 1.165) is 43.4 Å². The maximum atomic E-state index is 14.2. The average molecular weight is 429 g/mol. The molecule has 1 atom stereocenters. The second-order valence-electron chi connectivity index (χ2n) is 7.69. The summed E-state index contributed by atoms with van der Waals surface area (Å²) >= 11 is 0. The Bertz CT molecular complexity index is 899. The van der Waals surface area contributed by atoms with Gasteiger partial charge in [0, 0.05) is 37.8 Å². The Hall–Kier alpha value is -2.96. The molecule has 31 heavy (non-hydrogen) atoms. The van der Waals surface area contributed by atoms with Crippen LogP contribution in [0.1, 0.15) is 62.4 Å². The number of benzene rings is 1. The maximum absolute atomic E-state index is 14.2. The highest BCUT2D eigenvalue weighted by molar-refractivity contribution is 5.94. The minimum atomic E-state index is -0.248. The molecule has 2 amide bonds. The minimum Gasteiger partial charge on any atom is -0.382 e. The molecule has 0 spiro atoms. The van der Waals surface area contributed by atoms with Gasteiger partial charge < -0.3 is 16.0 Å². The molecule has 7 heteroatoms. The highest BCUT2D eigenvalue weighted by Gasteiger charge is 2.20. The fourth-order valence-corrected chi connectivity index (χ4v) is 3.59. The van der Waals surface area contributed by atoms with Gasteiger partial charge in [0.15, 0.2) is 0 Å². The topological polar surface area (TPSA) is 88.3 Å². The van der Waals surface area contributed by atoms with E-state index >= 15 is 0 Å². The van der Waals surface area contributed by atoms with Gasteiger partial charge in [0.1, 0.15) is 5.82 Å². The van der Waals surface area contributed by atoms with Crippen molar-refractivity contribution in [3.05, 3.63) is 47.4 Å². The monoisotopic (exact) mass is 428 g/mol. The van der Waals surface area contributed by atoms with Gasteiger partial charge in [-0.05, 0) is 49.1 Å². The molecule has 2 aromatic rings. The molecule has 1 aliphatic rings.